The van der Waals surface area contributed by atoms with Crippen LogP contribution < -0.4 is 0 Å². The van der Waals surface area contributed by atoms with Gasteiger partial charge in [0.15, 0.2) is 0 Å². The highest BCUT2D eigenvalue weighted by atomic mass is 35.5. The predicted octanol–water partition coefficient (Wildman–Crippen LogP) is 3.84. The smallest absolute Gasteiger partial charge is 0.147 e. The van der Waals surface area contributed by atoms with E-state index in [1.54, 1.807) is 21.6 Å². The summed E-state index contributed by atoms with van der Waals surface area (Å²) in [5.41, 5.74) is 1.27. The molecule has 1 saturated heterocycles. The lowest BCUT2D eigenvalue weighted by atomic mass is 10.2. The van der Waals surface area contributed by atoms with Crippen LogP contribution in [0.1, 0.15) is 5.56 Å². The Kier molecular flexibility index (Phi) is 6.11. The quantitative estimate of drug-likeness (QED) is 0.618. The molecule has 2 rings (SSSR count). The van der Waals surface area contributed by atoms with Crippen LogP contribution in [0.4, 0.5) is 0 Å². The Labute approximate surface area is 126 Å². The van der Waals surface area contributed by atoms with Gasteiger partial charge in [-0.1, -0.05) is 46.7 Å². The van der Waals surface area contributed by atoms with E-state index in [1.165, 1.54) is 5.56 Å². The van der Waals surface area contributed by atoms with E-state index in [0.717, 1.165) is 41.4 Å². The Morgan fingerprint density at radius 1 is 1.28 bits per heavy atom. The van der Waals surface area contributed by atoms with Gasteiger partial charge < -0.3 is 9.64 Å². The molecule has 0 amide bonds. The molecule has 0 radical (unpaired) electrons. The summed E-state index contributed by atoms with van der Waals surface area (Å²) in [4.78, 5) is 2.21. The van der Waals surface area contributed by atoms with Crippen molar-refractivity contribution in [1.29, 1.82) is 0 Å². The Morgan fingerprint density at radius 3 is 2.61 bits per heavy atom. The van der Waals surface area contributed by atoms with Gasteiger partial charge in [0.1, 0.15) is 4.32 Å². The number of benzene rings is 1. The molecule has 2 nitrogen and oxygen atoms in total. The summed E-state index contributed by atoms with van der Waals surface area (Å²) in [6, 6.07) is 7.94. The summed E-state index contributed by atoms with van der Waals surface area (Å²) in [5.74, 6) is 0.937. The number of morpholine rings is 1. The normalized spacial score (nSPS) is 15.7. The fourth-order valence-corrected chi connectivity index (χ4v) is 4.25. The molecule has 0 aliphatic carbocycles. The second-order valence-corrected chi connectivity index (χ2v) is 7.20. The first-order valence-corrected chi connectivity index (χ1v) is 8.77. The largest absolute Gasteiger partial charge is 0.378 e. The lowest BCUT2D eigenvalue weighted by Crippen LogP contribution is -2.38. The molecule has 0 bridgehead atoms. The van der Waals surface area contributed by atoms with Crippen molar-refractivity contribution in [3.8, 4) is 0 Å². The molecule has 0 aromatic heterocycles. The van der Waals surface area contributed by atoms with E-state index in [2.05, 4.69) is 4.90 Å². The predicted molar refractivity (Wildman–Crippen MR) is 85.3 cm³/mol. The maximum atomic E-state index is 5.85. The number of ether oxygens (including phenoxy) is 1. The Balaban J connectivity index is 1.71. The van der Waals surface area contributed by atoms with E-state index in [4.69, 9.17) is 28.6 Å². The van der Waals surface area contributed by atoms with Gasteiger partial charge in [-0.2, -0.15) is 0 Å². The minimum Gasteiger partial charge on any atom is -0.378 e. The molecule has 0 unspecified atom stereocenters. The molecule has 1 aliphatic heterocycles. The zero-order chi connectivity index (χ0) is 12.8. The first-order chi connectivity index (χ1) is 8.75. The molecule has 0 saturated carbocycles. The zero-order valence-electron chi connectivity index (χ0n) is 9.80. The lowest BCUT2D eigenvalue weighted by Gasteiger charge is -2.28. The van der Waals surface area contributed by atoms with E-state index >= 15 is 0 Å². The third-order valence-electron chi connectivity index (χ3n) is 2.54. The van der Waals surface area contributed by atoms with Gasteiger partial charge in [0.2, 0.25) is 0 Å². The third kappa shape index (κ3) is 4.63. The Bertz CT molecular complexity index is 393. The van der Waals surface area contributed by atoms with Gasteiger partial charge >= 0.3 is 0 Å². The molecule has 1 fully saturated rings. The minimum absolute atomic E-state index is 0.778. The van der Waals surface area contributed by atoms with Crippen molar-refractivity contribution >= 4 is 49.7 Å². The van der Waals surface area contributed by atoms with Crippen molar-refractivity contribution in [2.24, 2.45) is 0 Å². The number of thiocarbonyl (C=S) groups is 1. The maximum Gasteiger partial charge on any atom is 0.147 e. The standard InChI is InChI=1S/C12H14ClNOS3/c13-11-3-1-10(2-4-11)9-17-18-12(16)14-5-7-15-8-6-14/h1-4H,5-9H2. The molecular weight excluding hydrogens is 306 g/mol. The highest BCUT2D eigenvalue weighted by Gasteiger charge is 2.14. The first-order valence-electron chi connectivity index (χ1n) is 5.66. The molecule has 0 N–H and O–H groups in total. The molecule has 98 valence electrons. The van der Waals surface area contributed by atoms with Gasteiger partial charge in [-0.05, 0) is 28.5 Å². The molecule has 18 heavy (non-hydrogen) atoms. The number of hydrogen-bond donors (Lipinski definition) is 0. The van der Waals surface area contributed by atoms with Gasteiger partial charge in [-0.15, -0.1) is 0 Å². The molecular formula is C12H14ClNOS3. The fraction of sp³-hybridized carbons (Fsp3) is 0.417. The minimum atomic E-state index is 0.778. The van der Waals surface area contributed by atoms with Crippen LogP contribution in [0.15, 0.2) is 24.3 Å². The van der Waals surface area contributed by atoms with Gasteiger partial charge in [0.25, 0.3) is 0 Å². The summed E-state index contributed by atoms with van der Waals surface area (Å²) in [6.45, 7) is 3.38. The lowest BCUT2D eigenvalue weighted by molar-refractivity contribution is 0.0703. The molecule has 0 spiro atoms. The highest BCUT2D eigenvalue weighted by Crippen LogP contribution is 2.29. The van der Waals surface area contributed by atoms with Crippen molar-refractivity contribution in [2.75, 3.05) is 26.3 Å². The van der Waals surface area contributed by atoms with Gasteiger partial charge in [0.05, 0.1) is 13.2 Å². The Morgan fingerprint density at radius 2 is 1.94 bits per heavy atom. The fourth-order valence-electron chi connectivity index (χ4n) is 1.53. The second kappa shape index (κ2) is 7.60. The summed E-state index contributed by atoms with van der Waals surface area (Å²) in [5, 5.41) is 0.778. The molecule has 1 aliphatic rings. The monoisotopic (exact) mass is 319 g/mol. The van der Waals surface area contributed by atoms with Crippen LogP contribution in [0.5, 0.6) is 0 Å². The zero-order valence-corrected chi connectivity index (χ0v) is 13.0. The molecule has 1 heterocycles. The average molecular weight is 320 g/mol. The van der Waals surface area contributed by atoms with Crippen LogP contribution >= 0.6 is 45.4 Å². The van der Waals surface area contributed by atoms with Crippen LogP contribution in [-0.4, -0.2) is 35.5 Å². The summed E-state index contributed by atoms with van der Waals surface area (Å²) in [7, 11) is 3.43. The molecule has 0 atom stereocenters. The van der Waals surface area contributed by atoms with E-state index in [9.17, 15) is 0 Å². The van der Waals surface area contributed by atoms with Crippen LogP contribution in [-0.2, 0) is 10.5 Å². The van der Waals surface area contributed by atoms with E-state index in [1.807, 2.05) is 24.3 Å². The summed E-state index contributed by atoms with van der Waals surface area (Å²) in [6.07, 6.45) is 0. The van der Waals surface area contributed by atoms with Crippen LogP contribution in [0.3, 0.4) is 0 Å². The Hall–Kier alpha value is 0.0600. The van der Waals surface area contributed by atoms with Crippen molar-refractivity contribution < 1.29 is 4.74 Å². The number of hydrogen-bond acceptors (Lipinski definition) is 4. The van der Waals surface area contributed by atoms with Crippen molar-refractivity contribution in [2.45, 2.75) is 5.75 Å². The SMILES string of the molecule is S=C(SSCc1ccc(Cl)cc1)N1CCOCC1. The van der Waals surface area contributed by atoms with Crippen molar-refractivity contribution in [3.05, 3.63) is 34.9 Å². The first kappa shape index (κ1) is 14.5. The van der Waals surface area contributed by atoms with E-state index < -0.39 is 0 Å². The molecule has 6 heteroatoms. The number of rotatable bonds is 3. The highest BCUT2D eigenvalue weighted by molar-refractivity contribution is 8.83. The summed E-state index contributed by atoms with van der Waals surface area (Å²) < 4.78 is 6.26. The van der Waals surface area contributed by atoms with E-state index in [0.29, 0.717) is 0 Å². The molecule has 1 aromatic carbocycles. The maximum absolute atomic E-state index is 5.85. The van der Waals surface area contributed by atoms with E-state index in [-0.39, 0.29) is 0 Å². The summed E-state index contributed by atoms with van der Waals surface area (Å²) >= 11 is 11.2. The van der Waals surface area contributed by atoms with Gasteiger partial charge in [-0.25, -0.2) is 0 Å². The van der Waals surface area contributed by atoms with Gasteiger partial charge in [0, 0.05) is 23.9 Å². The van der Waals surface area contributed by atoms with Crippen LogP contribution in [0.25, 0.3) is 0 Å². The van der Waals surface area contributed by atoms with Crippen molar-refractivity contribution in [1.82, 2.24) is 4.90 Å². The number of nitrogens with zero attached hydrogens (tertiary/aromatic N) is 1. The molecule has 1 aromatic rings. The topological polar surface area (TPSA) is 12.5 Å². The van der Waals surface area contributed by atoms with Crippen molar-refractivity contribution in [3.63, 3.8) is 0 Å². The average Bonchev–Trinajstić information content (AvgIpc) is 2.42. The van der Waals surface area contributed by atoms with Gasteiger partial charge in [-0.3, -0.25) is 0 Å². The number of halogens is 1. The third-order valence-corrected chi connectivity index (χ3v) is 5.77. The second-order valence-electron chi connectivity index (χ2n) is 3.84. The van der Waals surface area contributed by atoms with Crippen LogP contribution in [0.2, 0.25) is 5.02 Å². The van der Waals surface area contributed by atoms with Crippen LogP contribution in [0, 0.1) is 0 Å².